The highest BCUT2D eigenvalue weighted by Gasteiger charge is 2.65. The molecule has 0 aromatic heterocycles. The number of rotatable bonds is 2. The van der Waals surface area contributed by atoms with Crippen molar-refractivity contribution in [3.63, 3.8) is 0 Å². The Morgan fingerprint density at radius 1 is 1.35 bits per heavy atom. The van der Waals surface area contributed by atoms with Crippen molar-refractivity contribution in [3.05, 3.63) is 0 Å². The van der Waals surface area contributed by atoms with Gasteiger partial charge in [-0.15, -0.1) is 0 Å². The van der Waals surface area contributed by atoms with Crippen molar-refractivity contribution < 1.29 is 19.1 Å². The Balaban J connectivity index is 2.06. The van der Waals surface area contributed by atoms with E-state index in [1.165, 1.54) is 0 Å². The van der Waals surface area contributed by atoms with E-state index in [4.69, 9.17) is 4.74 Å². The minimum Gasteiger partial charge on any atom is -0.374 e. The zero-order valence-electron chi connectivity index (χ0n) is 9.69. The standard InChI is InChI=1S/C12H15NO4/c1-2-17-12-4-3-6(7(14)5-12)8-9(12)11(16)13-10(8)15/h6,8-9H,2-5H2,1H3,(H,13,15,16)/t6-,8-,9+,12-/m1/s1. The highest BCUT2D eigenvalue weighted by molar-refractivity contribution is 6.09. The van der Waals surface area contributed by atoms with Crippen LogP contribution in [-0.4, -0.2) is 29.8 Å². The summed E-state index contributed by atoms with van der Waals surface area (Å²) in [4.78, 5) is 35.6. The fraction of sp³-hybridized carbons (Fsp3) is 0.750. The van der Waals surface area contributed by atoms with Gasteiger partial charge in [0.1, 0.15) is 5.78 Å². The lowest BCUT2D eigenvalue weighted by Crippen LogP contribution is -2.59. The summed E-state index contributed by atoms with van der Waals surface area (Å²) in [6, 6.07) is 0. The normalized spacial score (nSPS) is 43.8. The molecule has 0 aromatic carbocycles. The van der Waals surface area contributed by atoms with Crippen molar-refractivity contribution in [1.82, 2.24) is 5.32 Å². The fourth-order valence-electron chi connectivity index (χ4n) is 3.80. The molecule has 2 bridgehead atoms. The van der Waals surface area contributed by atoms with Crippen LogP contribution in [0.15, 0.2) is 0 Å². The van der Waals surface area contributed by atoms with Gasteiger partial charge in [-0.25, -0.2) is 0 Å². The van der Waals surface area contributed by atoms with Crippen molar-refractivity contribution in [1.29, 1.82) is 0 Å². The lowest BCUT2D eigenvalue weighted by atomic mass is 9.56. The van der Waals surface area contributed by atoms with Gasteiger partial charge in [0.15, 0.2) is 0 Å². The van der Waals surface area contributed by atoms with Crippen LogP contribution in [0, 0.1) is 17.8 Å². The van der Waals surface area contributed by atoms with Crippen LogP contribution in [-0.2, 0) is 19.1 Å². The number of imide groups is 1. The average molecular weight is 237 g/mol. The molecule has 1 aliphatic heterocycles. The lowest BCUT2D eigenvalue weighted by Gasteiger charge is -2.50. The Morgan fingerprint density at radius 2 is 2.12 bits per heavy atom. The van der Waals surface area contributed by atoms with Gasteiger partial charge in [-0.05, 0) is 19.8 Å². The molecule has 0 aromatic rings. The summed E-state index contributed by atoms with van der Waals surface area (Å²) in [5.74, 6) is -1.67. The van der Waals surface area contributed by atoms with Gasteiger partial charge in [-0.2, -0.15) is 0 Å². The van der Waals surface area contributed by atoms with Gasteiger partial charge in [0.05, 0.1) is 17.4 Å². The van der Waals surface area contributed by atoms with E-state index < -0.39 is 17.4 Å². The van der Waals surface area contributed by atoms with Crippen LogP contribution < -0.4 is 5.32 Å². The highest BCUT2D eigenvalue weighted by atomic mass is 16.5. The third kappa shape index (κ3) is 1.26. The number of amides is 2. The Hall–Kier alpha value is -1.23. The van der Waals surface area contributed by atoms with Crippen LogP contribution >= 0.6 is 0 Å². The molecule has 4 fully saturated rings. The molecule has 3 aliphatic carbocycles. The fourth-order valence-corrected chi connectivity index (χ4v) is 3.80. The molecule has 2 amide bonds. The maximum atomic E-state index is 12.0. The Kier molecular flexibility index (Phi) is 2.17. The summed E-state index contributed by atoms with van der Waals surface area (Å²) >= 11 is 0. The third-order valence-corrected chi connectivity index (χ3v) is 4.39. The number of ketones is 1. The second-order valence-corrected chi connectivity index (χ2v) is 5.14. The Labute approximate surface area is 98.9 Å². The van der Waals surface area contributed by atoms with E-state index in [1.807, 2.05) is 6.92 Å². The molecule has 1 N–H and O–H groups in total. The van der Waals surface area contributed by atoms with Crippen molar-refractivity contribution in [2.24, 2.45) is 17.8 Å². The molecule has 1 saturated heterocycles. The summed E-state index contributed by atoms with van der Waals surface area (Å²) in [6.07, 6.45) is 1.66. The van der Waals surface area contributed by atoms with Gasteiger partial charge < -0.3 is 4.74 Å². The van der Waals surface area contributed by atoms with E-state index >= 15 is 0 Å². The van der Waals surface area contributed by atoms with Gasteiger partial charge in [-0.3, -0.25) is 19.7 Å². The van der Waals surface area contributed by atoms with Crippen LogP contribution in [0.2, 0.25) is 0 Å². The molecule has 5 heteroatoms. The summed E-state index contributed by atoms with van der Waals surface area (Å²) in [5.41, 5.74) is -0.721. The van der Waals surface area contributed by atoms with Crippen molar-refractivity contribution in [3.8, 4) is 0 Å². The van der Waals surface area contributed by atoms with Crippen molar-refractivity contribution in [2.45, 2.75) is 31.8 Å². The van der Waals surface area contributed by atoms with Crippen LogP contribution in [0.3, 0.4) is 0 Å². The first-order valence-electron chi connectivity index (χ1n) is 6.10. The van der Waals surface area contributed by atoms with Crippen molar-refractivity contribution in [2.75, 3.05) is 6.61 Å². The summed E-state index contributed by atoms with van der Waals surface area (Å²) < 4.78 is 5.73. The monoisotopic (exact) mass is 237 g/mol. The Bertz CT molecular complexity index is 415. The molecule has 3 saturated carbocycles. The maximum Gasteiger partial charge on any atom is 0.233 e. The second kappa shape index (κ2) is 3.38. The second-order valence-electron chi connectivity index (χ2n) is 5.14. The van der Waals surface area contributed by atoms with E-state index in [-0.39, 0.29) is 29.9 Å². The zero-order valence-corrected chi connectivity index (χ0v) is 9.69. The highest BCUT2D eigenvalue weighted by Crippen LogP contribution is 2.53. The minimum absolute atomic E-state index is 0.0794. The summed E-state index contributed by atoms with van der Waals surface area (Å²) in [5, 5.41) is 2.35. The summed E-state index contributed by atoms with van der Waals surface area (Å²) in [6.45, 7) is 2.31. The number of ether oxygens (including phenoxy) is 1. The lowest BCUT2D eigenvalue weighted by molar-refractivity contribution is -0.180. The number of hydrogen-bond donors (Lipinski definition) is 1. The predicted octanol–water partition coefficient (Wildman–Crippen LogP) is 0.0333. The largest absolute Gasteiger partial charge is 0.374 e. The van der Waals surface area contributed by atoms with Gasteiger partial charge in [0.25, 0.3) is 0 Å². The van der Waals surface area contributed by atoms with E-state index in [0.717, 1.165) is 0 Å². The number of fused-ring (bicyclic) bond motifs is 2. The molecule has 4 atom stereocenters. The summed E-state index contributed by atoms with van der Waals surface area (Å²) in [7, 11) is 0. The number of Topliss-reactive ketones (excluding diaryl/α,β-unsaturated/α-hetero) is 1. The molecule has 4 aliphatic rings. The zero-order chi connectivity index (χ0) is 12.2. The van der Waals surface area contributed by atoms with Gasteiger partial charge >= 0.3 is 0 Å². The molecular formula is C12H15NO4. The maximum absolute atomic E-state index is 12.0. The minimum atomic E-state index is -0.721. The molecular weight excluding hydrogens is 222 g/mol. The Morgan fingerprint density at radius 3 is 2.76 bits per heavy atom. The SMILES string of the molecule is CCO[C@]12CC[C@H](C(=O)C1)[C@H]1C(=O)NC(=O)[C@H]12. The van der Waals surface area contributed by atoms with E-state index in [9.17, 15) is 14.4 Å². The van der Waals surface area contributed by atoms with Crippen LogP contribution in [0.4, 0.5) is 0 Å². The van der Waals surface area contributed by atoms with E-state index in [2.05, 4.69) is 5.32 Å². The number of carbonyl (C=O) groups excluding carboxylic acids is 3. The number of hydrogen-bond acceptors (Lipinski definition) is 4. The molecule has 17 heavy (non-hydrogen) atoms. The van der Waals surface area contributed by atoms with Crippen LogP contribution in [0.5, 0.6) is 0 Å². The third-order valence-electron chi connectivity index (χ3n) is 4.39. The molecule has 1 heterocycles. The molecule has 0 spiro atoms. The average Bonchev–Trinajstić information content (AvgIpc) is 2.57. The molecule has 0 unspecified atom stereocenters. The molecule has 0 radical (unpaired) electrons. The number of carbonyl (C=O) groups is 3. The first-order chi connectivity index (χ1) is 8.09. The topological polar surface area (TPSA) is 72.5 Å². The van der Waals surface area contributed by atoms with E-state index in [0.29, 0.717) is 19.4 Å². The first-order valence-corrected chi connectivity index (χ1v) is 6.10. The quantitative estimate of drug-likeness (QED) is 0.688. The van der Waals surface area contributed by atoms with Crippen LogP contribution in [0.25, 0.3) is 0 Å². The van der Waals surface area contributed by atoms with E-state index in [1.54, 1.807) is 0 Å². The molecule has 4 rings (SSSR count). The molecule has 92 valence electrons. The first kappa shape index (κ1) is 10.9. The number of nitrogens with one attached hydrogen (secondary N) is 1. The van der Waals surface area contributed by atoms with Gasteiger partial charge in [0, 0.05) is 18.9 Å². The van der Waals surface area contributed by atoms with Gasteiger partial charge in [0.2, 0.25) is 11.8 Å². The van der Waals surface area contributed by atoms with Crippen LogP contribution in [0.1, 0.15) is 26.2 Å². The van der Waals surface area contributed by atoms with Gasteiger partial charge in [-0.1, -0.05) is 0 Å². The van der Waals surface area contributed by atoms with Crippen molar-refractivity contribution >= 4 is 17.6 Å². The smallest absolute Gasteiger partial charge is 0.233 e. The predicted molar refractivity (Wildman–Crippen MR) is 56.8 cm³/mol. The molecule has 5 nitrogen and oxygen atoms in total.